The van der Waals surface area contributed by atoms with E-state index in [0.29, 0.717) is 30.3 Å². The number of aromatic nitrogens is 2. The predicted octanol–water partition coefficient (Wildman–Crippen LogP) is 3.27. The molecule has 0 saturated carbocycles. The highest BCUT2D eigenvalue weighted by Gasteiger charge is 2.26. The Labute approximate surface area is 151 Å². The maximum absolute atomic E-state index is 12.2. The lowest BCUT2D eigenvalue weighted by molar-refractivity contribution is -0.121. The molecule has 0 spiro atoms. The van der Waals surface area contributed by atoms with Crippen LogP contribution in [0.25, 0.3) is 0 Å². The quantitative estimate of drug-likeness (QED) is 0.830. The third-order valence-corrected chi connectivity index (χ3v) is 4.99. The maximum Gasteiger partial charge on any atom is 0.227 e. The fourth-order valence-electron chi connectivity index (χ4n) is 2.87. The number of nitrogens with zero attached hydrogens (tertiary/aromatic N) is 2. The number of para-hydroxylation sites is 1. The van der Waals surface area contributed by atoms with E-state index < -0.39 is 0 Å². The second-order valence-corrected chi connectivity index (χ2v) is 7.80. The zero-order valence-electron chi connectivity index (χ0n) is 14.4. The van der Waals surface area contributed by atoms with E-state index in [1.807, 2.05) is 24.3 Å². The fraction of sp³-hybridized carbons (Fsp3) is 0.444. The molecule has 1 unspecified atom stereocenters. The minimum Gasteiger partial charge on any atom is -0.326 e. The van der Waals surface area contributed by atoms with E-state index in [0.717, 1.165) is 22.7 Å². The molecule has 2 heterocycles. The molecular formula is C18H22N4O2S. The van der Waals surface area contributed by atoms with Crippen LogP contribution in [0.15, 0.2) is 24.3 Å². The lowest BCUT2D eigenvalue weighted by Crippen LogP contribution is -2.30. The number of rotatable bonds is 6. The van der Waals surface area contributed by atoms with Crippen LogP contribution in [-0.2, 0) is 22.4 Å². The van der Waals surface area contributed by atoms with Gasteiger partial charge in [-0.15, -0.1) is 10.2 Å². The van der Waals surface area contributed by atoms with Gasteiger partial charge in [0.2, 0.25) is 16.9 Å². The standard InChI is InChI=1S/C18H22N4O2S/c1-11(2)9-16-21-22-18(25-16)20-15(23)8-7-13-10-12-5-3-4-6-14(12)19-17(13)24/h3-6,11,13H,7-10H2,1-2H3,(H,19,24)(H,20,22,23). The maximum atomic E-state index is 12.2. The minimum atomic E-state index is -0.174. The Morgan fingerprint density at radius 2 is 2.16 bits per heavy atom. The van der Waals surface area contributed by atoms with E-state index in [2.05, 4.69) is 34.7 Å². The van der Waals surface area contributed by atoms with Crippen molar-refractivity contribution in [2.45, 2.75) is 39.5 Å². The number of carbonyl (C=O) groups is 2. The van der Waals surface area contributed by atoms with Gasteiger partial charge in [0.25, 0.3) is 0 Å². The SMILES string of the molecule is CC(C)Cc1nnc(NC(=O)CCC2Cc3ccccc3NC2=O)s1. The molecule has 2 amide bonds. The molecule has 6 nitrogen and oxygen atoms in total. The van der Waals surface area contributed by atoms with Crippen LogP contribution in [-0.4, -0.2) is 22.0 Å². The smallest absolute Gasteiger partial charge is 0.227 e. The van der Waals surface area contributed by atoms with Crippen molar-refractivity contribution in [3.8, 4) is 0 Å². The van der Waals surface area contributed by atoms with Crippen molar-refractivity contribution in [2.24, 2.45) is 11.8 Å². The highest BCUT2D eigenvalue weighted by molar-refractivity contribution is 7.15. The van der Waals surface area contributed by atoms with Crippen molar-refractivity contribution in [3.05, 3.63) is 34.8 Å². The average molecular weight is 358 g/mol. The summed E-state index contributed by atoms with van der Waals surface area (Å²) in [6, 6.07) is 7.78. The molecule has 0 aliphatic carbocycles. The number of nitrogens with one attached hydrogen (secondary N) is 2. The molecule has 0 bridgehead atoms. The molecule has 25 heavy (non-hydrogen) atoms. The van der Waals surface area contributed by atoms with E-state index >= 15 is 0 Å². The zero-order valence-corrected chi connectivity index (χ0v) is 15.2. The van der Waals surface area contributed by atoms with E-state index in [1.54, 1.807) is 0 Å². The summed E-state index contributed by atoms with van der Waals surface area (Å²) in [4.78, 5) is 24.3. The molecule has 1 aromatic heterocycles. The Bertz CT molecular complexity index is 772. The second-order valence-electron chi connectivity index (χ2n) is 6.73. The molecule has 1 aliphatic rings. The van der Waals surface area contributed by atoms with Gasteiger partial charge in [-0.1, -0.05) is 43.4 Å². The highest BCUT2D eigenvalue weighted by atomic mass is 32.1. The van der Waals surface area contributed by atoms with Crippen molar-refractivity contribution in [1.82, 2.24) is 10.2 Å². The molecule has 1 aliphatic heterocycles. The van der Waals surface area contributed by atoms with E-state index in [1.165, 1.54) is 11.3 Å². The van der Waals surface area contributed by atoms with Crippen molar-refractivity contribution < 1.29 is 9.59 Å². The molecule has 3 rings (SSSR count). The molecule has 7 heteroatoms. The summed E-state index contributed by atoms with van der Waals surface area (Å²) in [6.45, 7) is 4.24. The van der Waals surface area contributed by atoms with Crippen molar-refractivity contribution in [3.63, 3.8) is 0 Å². The lowest BCUT2D eigenvalue weighted by atomic mass is 9.89. The Hall–Kier alpha value is -2.28. The van der Waals surface area contributed by atoms with Crippen LogP contribution in [0.1, 0.15) is 37.3 Å². The van der Waals surface area contributed by atoms with Crippen LogP contribution >= 0.6 is 11.3 Å². The Balaban J connectivity index is 1.51. The number of hydrogen-bond donors (Lipinski definition) is 2. The summed E-state index contributed by atoms with van der Waals surface area (Å²) in [5.41, 5.74) is 2.00. The first-order valence-electron chi connectivity index (χ1n) is 8.52. The first-order valence-corrected chi connectivity index (χ1v) is 9.34. The number of carbonyl (C=O) groups excluding carboxylic acids is 2. The first kappa shape index (κ1) is 17.5. The van der Waals surface area contributed by atoms with Crippen LogP contribution in [0.5, 0.6) is 0 Å². The van der Waals surface area contributed by atoms with Gasteiger partial charge in [-0.3, -0.25) is 9.59 Å². The number of benzene rings is 1. The Kier molecular flexibility index (Phi) is 5.43. The summed E-state index contributed by atoms with van der Waals surface area (Å²) in [5, 5.41) is 15.2. The van der Waals surface area contributed by atoms with Crippen LogP contribution in [0.2, 0.25) is 0 Å². The number of anilines is 2. The minimum absolute atomic E-state index is 0.0124. The van der Waals surface area contributed by atoms with Gasteiger partial charge in [-0.2, -0.15) is 0 Å². The molecule has 1 aromatic carbocycles. The summed E-state index contributed by atoms with van der Waals surface area (Å²) in [6.07, 6.45) is 2.34. The van der Waals surface area contributed by atoms with Crippen LogP contribution in [0.3, 0.4) is 0 Å². The van der Waals surface area contributed by atoms with Crippen molar-refractivity contribution >= 4 is 34.0 Å². The van der Waals surface area contributed by atoms with Gasteiger partial charge >= 0.3 is 0 Å². The molecule has 0 fully saturated rings. The lowest BCUT2D eigenvalue weighted by Gasteiger charge is -2.24. The van der Waals surface area contributed by atoms with Gasteiger partial charge < -0.3 is 10.6 Å². The average Bonchev–Trinajstić information content (AvgIpc) is 2.99. The second kappa shape index (κ2) is 7.74. The van der Waals surface area contributed by atoms with Crippen LogP contribution in [0.4, 0.5) is 10.8 Å². The van der Waals surface area contributed by atoms with Crippen LogP contribution in [0, 0.1) is 11.8 Å². The molecule has 1 atom stereocenters. The summed E-state index contributed by atoms with van der Waals surface area (Å²) >= 11 is 1.41. The number of amides is 2. The van der Waals surface area contributed by atoms with Crippen LogP contribution < -0.4 is 10.6 Å². The van der Waals surface area contributed by atoms with Gasteiger partial charge in [-0.25, -0.2) is 0 Å². The van der Waals surface area contributed by atoms with E-state index in [-0.39, 0.29) is 17.7 Å². The Morgan fingerprint density at radius 1 is 1.36 bits per heavy atom. The zero-order chi connectivity index (χ0) is 17.8. The molecule has 2 aromatic rings. The van der Waals surface area contributed by atoms with Crippen molar-refractivity contribution in [1.29, 1.82) is 0 Å². The van der Waals surface area contributed by atoms with Gasteiger partial charge in [0.15, 0.2) is 0 Å². The number of hydrogen-bond acceptors (Lipinski definition) is 5. The largest absolute Gasteiger partial charge is 0.326 e. The van der Waals surface area contributed by atoms with Crippen molar-refractivity contribution in [2.75, 3.05) is 10.6 Å². The normalized spacial score (nSPS) is 16.4. The molecule has 0 saturated heterocycles. The van der Waals surface area contributed by atoms with Gasteiger partial charge in [0, 0.05) is 24.4 Å². The molecule has 2 N–H and O–H groups in total. The molecule has 0 radical (unpaired) electrons. The number of fused-ring (bicyclic) bond motifs is 1. The topological polar surface area (TPSA) is 84.0 Å². The molecular weight excluding hydrogens is 336 g/mol. The summed E-state index contributed by atoms with van der Waals surface area (Å²) in [5.74, 6) is 0.191. The van der Waals surface area contributed by atoms with Gasteiger partial charge in [0.05, 0.1) is 0 Å². The summed E-state index contributed by atoms with van der Waals surface area (Å²) in [7, 11) is 0. The Morgan fingerprint density at radius 3 is 2.96 bits per heavy atom. The molecule has 132 valence electrons. The highest BCUT2D eigenvalue weighted by Crippen LogP contribution is 2.27. The third-order valence-electron chi connectivity index (χ3n) is 4.13. The monoisotopic (exact) mass is 358 g/mol. The predicted molar refractivity (Wildman–Crippen MR) is 98.6 cm³/mol. The summed E-state index contributed by atoms with van der Waals surface area (Å²) < 4.78 is 0. The fourth-order valence-corrected chi connectivity index (χ4v) is 3.84. The first-order chi connectivity index (χ1) is 12.0. The van der Waals surface area contributed by atoms with E-state index in [9.17, 15) is 9.59 Å². The van der Waals surface area contributed by atoms with E-state index in [4.69, 9.17) is 0 Å². The third kappa shape index (κ3) is 4.63. The van der Waals surface area contributed by atoms with Gasteiger partial charge in [-0.05, 0) is 30.4 Å². The van der Waals surface area contributed by atoms with Gasteiger partial charge in [0.1, 0.15) is 5.01 Å².